The summed E-state index contributed by atoms with van der Waals surface area (Å²) in [6, 6.07) is 0. The predicted octanol–water partition coefficient (Wildman–Crippen LogP) is 1.26. The lowest BCUT2D eigenvalue weighted by molar-refractivity contribution is 0.116. The molecular weight excluding hydrogens is 260 g/mol. The van der Waals surface area contributed by atoms with Crippen molar-refractivity contribution in [2.24, 2.45) is 0 Å². The minimum absolute atomic E-state index is 0.00988. The van der Waals surface area contributed by atoms with E-state index in [1.807, 2.05) is 0 Å². The van der Waals surface area contributed by atoms with E-state index in [2.05, 4.69) is 10.7 Å². The molecule has 89 valence electrons. The number of halogens is 2. The summed E-state index contributed by atoms with van der Waals surface area (Å²) < 4.78 is 18.2. The van der Waals surface area contributed by atoms with Crippen LogP contribution in [-0.2, 0) is 9.09 Å². The first-order valence-corrected chi connectivity index (χ1v) is 6.97. The van der Waals surface area contributed by atoms with E-state index in [1.54, 1.807) is 4.78 Å². The molecule has 8 heteroatoms. The molecule has 0 aromatic rings. The van der Waals surface area contributed by atoms with E-state index in [4.69, 9.17) is 27.7 Å². The molecule has 1 aliphatic heterocycles. The summed E-state index contributed by atoms with van der Waals surface area (Å²) in [7, 11) is -1.81. The van der Waals surface area contributed by atoms with Gasteiger partial charge in [-0.2, -0.15) is 0 Å². The number of nitrogens with one attached hydrogen (secondary N) is 2. The van der Waals surface area contributed by atoms with Crippen LogP contribution in [0.2, 0.25) is 0 Å². The lowest BCUT2D eigenvalue weighted by Gasteiger charge is -2.33. The molecule has 0 aromatic heterocycles. The van der Waals surface area contributed by atoms with Crippen LogP contribution >= 0.6 is 31.4 Å². The molecule has 0 bridgehead atoms. The van der Waals surface area contributed by atoms with Gasteiger partial charge in [0, 0.05) is 31.3 Å². The molecule has 0 saturated carbocycles. The fraction of sp³-hybridized carbons (Fsp3) is 1.00. The standard InChI is InChI=1S/C7H15Cl2N3O2P/c8-2-4-10-7-1-6-14-15(13)12(7)11-5-3-9/h7,10-11H,1-6H2. The normalized spacial score (nSPS) is 25.7. The number of hydrazine groups is 1. The molecule has 0 spiro atoms. The summed E-state index contributed by atoms with van der Waals surface area (Å²) >= 11 is 11.1. The quantitative estimate of drug-likeness (QED) is 0.564. The van der Waals surface area contributed by atoms with Gasteiger partial charge in [-0.15, -0.1) is 28.0 Å². The van der Waals surface area contributed by atoms with Crippen molar-refractivity contribution in [1.82, 2.24) is 15.5 Å². The average Bonchev–Trinajstić information content (AvgIpc) is 2.25. The van der Waals surface area contributed by atoms with Crippen LogP contribution in [0.5, 0.6) is 0 Å². The Bertz CT molecular complexity index is 211. The Labute approximate surface area is 100 Å². The van der Waals surface area contributed by atoms with Crippen molar-refractivity contribution in [2.75, 3.05) is 31.5 Å². The number of hydrogen-bond donors (Lipinski definition) is 2. The van der Waals surface area contributed by atoms with Crippen LogP contribution in [0.1, 0.15) is 6.42 Å². The zero-order valence-electron chi connectivity index (χ0n) is 8.29. The molecular formula is C7H15Cl2N3O2P. The van der Waals surface area contributed by atoms with Crippen LogP contribution in [0, 0.1) is 0 Å². The van der Waals surface area contributed by atoms with Gasteiger partial charge in [0.25, 0.3) is 0 Å². The Morgan fingerprint density at radius 3 is 2.80 bits per heavy atom. The number of alkyl halides is 2. The smallest absolute Gasteiger partial charge is 0.299 e. The second-order valence-electron chi connectivity index (χ2n) is 2.96. The van der Waals surface area contributed by atoms with Crippen molar-refractivity contribution in [2.45, 2.75) is 12.6 Å². The molecule has 1 aliphatic rings. The van der Waals surface area contributed by atoms with Gasteiger partial charge in [0.15, 0.2) is 0 Å². The van der Waals surface area contributed by atoms with Crippen LogP contribution in [-0.4, -0.2) is 42.4 Å². The van der Waals surface area contributed by atoms with E-state index in [-0.39, 0.29) is 6.17 Å². The maximum atomic E-state index is 11.5. The fourth-order valence-corrected chi connectivity index (χ4v) is 2.49. The molecule has 2 unspecified atom stereocenters. The second kappa shape index (κ2) is 7.74. The summed E-state index contributed by atoms with van der Waals surface area (Å²) in [5.41, 5.74) is 2.97. The van der Waals surface area contributed by atoms with Crippen molar-refractivity contribution >= 4 is 31.4 Å². The number of nitrogens with zero attached hydrogens (tertiary/aromatic N) is 1. The first-order chi connectivity index (χ1) is 7.29. The van der Waals surface area contributed by atoms with Gasteiger partial charge in [-0.25, -0.2) is 9.99 Å². The zero-order valence-corrected chi connectivity index (χ0v) is 10.7. The van der Waals surface area contributed by atoms with E-state index in [0.717, 1.165) is 6.42 Å². The highest BCUT2D eigenvalue weighted by Crippen LogP contribution is 2.33. The van der Waals surface area contributed by atoms with Crippen molar-refractivity contribution in [3.8, 4) is 0 Å². The maximum Gasteiger partial charge on any atom is 0.313 e. The van der Waals surface area contributed by atoms with Crippen LogP contribution in [0.4, 0.5) is 0 Å². The molecule has 1 heterocycles. The first-order valence-electron chi connectivity index (χ1n) is 4.77. The predicted molar refractivity (Wildman–Crippen MR) is 61.2 cm³/mol. The summed E-state index contributed by atoms with van der Waals surface area (Å²) in [6.07, 6.45) is 0.761. The molecule has 1 saturated heterocycles. The summed E-state index contributed by atoms with van der Waals surface area (Å²) in [5.74, 6) is 0.986. The topological polar surface area (TPSA) is 53.6 Å². The molecule has 0 aliphatic carbocycles. The third-order valence-electron chi connectivity index (χ3n) is 1.91. The molecule has 2 atom stereocenters. The summed E-state index contributed by atoms with van der Waals surface area (Å²) in [6.45, 7) is 1.73. The van der Waals surface area contributed by atoms with Gasteiger partial charge >= 0.3 is 8.18 Å². The maximum absolute atomic E-state index is 11.5. The largest absolute Gasteiger partial charge is 0.313 e. The average molecular weight is 275 g/mol. The van der Waals surface area contributed by atoms with Gasteiger partial charge in [-0.05, 0) is 0 Å². The third-order valence-corrected chi connectivity index (χ3v) is 3.46. The van der Waals surface area contributed by atoms with Crippen molar-refractivity contribution in [1.29, 1.82) is 0 Å². The van der Waals surface area contributed by atoms with Crippen LogP contribution in [0.3, 0.4) is 0 Å². The number of rotatable bonds is 6. The zero-order chi connectivity index (χ0) is 11.1. The Morgan fingerprint density at radius 2 is 2.13 bits per heavy atom. The van der Waals surface area contributed by atoms with Gasteiger partial charge in [0.2, 0.25) is 0 Å². The summed E-state index contributed by atoms with van der Waals surface area (Å²) in [5, 5.41) is 3.19. The van der Waals surface area contributed by atoms with Gasteiger partial charge in [-0.3, -0.25) is 9.84 Å². The monoisotopic (exact) mass is 274 g/mol. The molecule has 1 fully saturated rings. The Morgan fingerprint density at radius 1 is 1.40 bits per heavy atom. The molecule has 1 rings (SSSR count). The molecule has 1 radical (unpaired) electrons. The van der Waals surface area contributed by atoms with Gasteiger partial charge < -0.3 is 0 Å². The second-order valence-corrected chi connectivity index (χ2v) is 4.88. The van der Waals surface area contributed by atoms with E-state index in [9.17, 15) is 4.57 Å². The molecule has 2 N–H and O–H groups in total. The number of hydrogen-bond acceptors (Lipinski definition) is 4. The minimum Gasteiger partial charge on any atom is -0.299 e. The van der Waals surface area contributed by atoms with E-state index in [0.29, 0.717) is 31.5 Å². The highest BCUT2D eigenvalue weighted by molar-refractivity contribution is 7.36. The highest BCUT2D eigenvalue weighted by atomic mass is 35.5. The minimum atomic E-state index is -1.81. The Hall–Kier alpha value is 0.520. The van der Waals surface area contributed by atoms with Crippen LogP contribution in [0.15, 0.2) is 0 Å². The molecule has 15 heavy (non-hydrogen) atoms. The lowest BCUT2D eigenvalue weighted by Crippen LogP contribution is -2.52. The van der Waals surface area contributed by atoms with Crippen molar-refractivity contribution in [3.63, 3.8) is 0 Å². The van der Waals surface area contributed by atoms with E-state index >= 15 is 0 Å². The van der Waals surface area contributed by atoms with Crippen molar-refractivity contribution < 1.29 is 9.09 Å². The first kappa shape index (κ1) is 13.6. The summed E-state index contributed by atoms with van der Waals surface area (Å²) in [4.78, 5) is 0. The Balaban J connectivity index is 2.44. The molecule has 0 amide bonds. The highest BCUT2D eigenvalue weighted by Gasteiger charge is 2.28. The fourth-order valence-electron chi connectivity index (χ4n) is 1.28. The van der Waals surface area contributed by atoms with Crippen molar-refractivity contribution in [3.05, 3.63) is 0 Å². The van der Waals surface area contributed by atoms with Crippen LogP contribution < -0.4 is 10.7 Å². The van der Waals surface area contributed by atoms with Gasteiger partial charge in [-0.1, -0.05) is 0 Å². The van der Waals surface area contributed by atoms with Gasteiger partial charge in [0.05, 0.1) is 12.8 Å². The van der Waals surface area contributed by atoms with Gasteiger partial charge in [0.1, 0.15) is 0 Å². The van der Waals surface area contributed by atoms with E-state index in [1.165, 1.54) is 0 Å². The lowest BCUT2D eigenvalue weighted by atomic mass is 10.3. The third kappa shape index (κ3) is 4.49. The SMILES string of the molecule is O=[P]1OCCC(NCCCl)N1NCCCl. The molecule has 5 nitrogen and oxygen atoms in total. The van der Waals surface area contributed by atoms with E-state index < -0.39 is 8.18 Å². The molecule has 0 aromatic carbocycles. The Kier molecular flexibility index (Phi) is 7.01. The van der Waals surface area contributed by atoms with Crippen LogP contribution in [0.25, 0.3) is 0 Å².